The number of benzene rings is 3. The first-order valence-corrected chi connectivity index (χ1v) is 10.6. The van der Waals surface area contributed by atoms with Crippen LogP contribution in [0.1, 0.15) is 28.7 Å². The highest BCUT2D eigenvalue weighted by molar-refractivity contribution is 7.99. The van der Waals surface area contributed by atoms with Crippen LogP contribution >= 0.6 is 11.8 Å². The van der Waals surface area contributed by atoms with Crippen LogP contribution in [0.2, 0.25) is 0 Å². The van der Waals surface area contributed by atoms with Crippen molar-refractivity contribution in [2.24, 2.45) is 0 Å². The van der Waals surface area contributed by atoms with Gasteiger partial charge in [-0.05, 0) is 47.2 Å². The van der Waals surface area contributed by atoms with Crippen molar-refractivity contribution in [1.29, 1.82) is 0 Å². The predicted molar refractivity (Wildman–Crippen MR) is 118 cm³/mol. The normalized spacial score (nSPS) is 11.0. The summed E-state index contributed by atoms with van der Waals surface area (Å²) in [6, 6.07) is 21.9. The number of aryl methyl sites for hydroxylation is 1. The molecule has 4 aromatic rings. The Balaban J connectivity index is 1.62. The number of aromatic nitrogens is 3. The molecular formula is C23H22N4OS. The summed E-state index contributed by atoms with van der Waals surface area (Å²) in [7, 11) is 0. The average molecular weight is 403 g/mol. The molecule has 1 N–H and O–H groups in total. The second kappa shape index (κ2) is 8.49. The number of carbonyl (C=O) groups is 1. The number of nitrogens with zero attached hydrogens (tertiary/aromatic N) is 3. The fraction of sp³-hybridized carbons (Fsp3) is 0.174. The Morgan fingerprint density at radius 2 is 1.83 bits per heavy atom. The van der Waals surface area contributed by atoms with Gasteiger partial charge in [0.2, 0.25) is 0 Å². The molecule has 0 spiro atoms. The summed E-state index contributed by atoms with van der Waals surface area (Å²) in [6.45, 7) is 4.44. The van der Waals surface area contributed by atoms with Crippen LogP contribution in [-0.2, 0) is 6.54 Å². The van der Waals surface area contributed by atoms with E-state index in [1.165, 1.54) is 0 Å². The molecule has 0 fully saturated rings. The van der Waals surface area contributed by atoms with Crippen LogP contribution in [0, 0.1) is 6.92 Å². The molecule has 29 heavy (non-hydrogen) atoms. The largest absolute Gasteiger partial charge is 0.345 e. The van der Waals surface area contributed by atoms with Crippen molar-refractivity contribution in [1.82, 2.24) is 20.1 Å². The van der Waals surface area contributed by atoms with Gasteiger partial charge in [0.25, 0.3) is 5.91 Å². The molecular weight excluding hydrogens is 380 g/mol. The van der Waals surface area contributed by atoms with Crippen LogP contribution in [0.5, 0.6) is 0 Å². The summed E-state index contributed by atoms with van der Waals surface area (Å²) in [5.41, 5.74) is 2.82. The van der Waals surface area contributed by atoms with E-state index in [1.54, 1.807) is 11.8 Å². The fourth-order valence-corrected chi connectivity index (χ4v) is 4.04. The molecule has 1 heterocycles. The van der Waals surface area contributed by atoms with Gasteiger partial charge in [0.05, 0.1) is 6.54 Å². The summed E-state index contributed by atoms with van der Waals surface area (Å²) >= 11 is 1.63. The molecule has 0 aliphatic heterocycles. The third kappa shape index (κ3) is 4.03. The van der Waals surface area contributed by atoms with Gasteiger partial charge in [0, 0.05) is 11.3 Å². The number of hydrogen-bond donors (Lipinski definition) is 1. The van der Waals surface area contributed by atoms with E-state index in [2.05, 4.69) is 41.5 Å². The van der Waals surface area contributed by atoms with Crippen molar-refractivity contribution in [3.05, 3.63) is 83.7 Å². The van der Waals surface area contributed by atoms with E-state index in [0.29, 0.717) is 17.9 Å². The number of carbonyl (C=O) groups excluding carboxylic acids is 1. The molecule has 6 heteroatoms. The van der Waals surface area contributed by atoms with Crippen molar-refractivity contribution < 1.29 is 4.79 Å². The minimum Gasteiger partial charge on any atom is -0.345 e. The maximum atomic E-state index is 12.9. The third-order valence-corrected chi connectivity index (χ3v) is 5.49. The predicted octanol–water partition coefficient (Wildman–Crippen LogP) is 4.77. The number of thioether (sulfide) groups is 1. The lowest BCUT2D eigenvalue weighted by Gasteiger charge is -2.12. The van der Waals surface area contributed by atoms with Crippen LogP contribution in [0.15, 0.2) is 71.9 Å². The number of hydrogen-bond acceptors (Lipinski definition) is 4. The van der Waals surface area contributed by atoms with Crippen LogP contribution in [0.4, 0.5) is 0 Å². The van der Waals surface area contributed by atoms with Crippen molar-refractivity contribution in [2.75, 3.05) is 5.75 Å². The highest BCUT2D eigenvalue weighted by Gasteiger charge is 2.16. The summed E-state index contributed by atoms with van der Waals surface area (Å²) in [4.78, 5) is 12.9. The molecule has 146 valence electrons. The molecule has 0 atom stereocenters. The Kier molecular flexibility index (Phi) is 5.62. The highest BCUT2D eigenvalue weighted by Crippen LogP contribution is 2.23. The van der Waals surface area contributed by atoms with Gasteiger partial charge in [-0.3, -0.25) is 9.36 Å². The number of fused-ring (bicyclic) bond motifs is 1. The van der Waals surface area contributed by atoms with Gasteiger partial charge in [0.1, 0.15) is 0 Å². The maximum absolute atomic E-state index is 12.9. The molecule has 0 saturated heterocycles. The van der Waals surface area contributed by atoms with Gasteiger partial charge in [-0.15, -0.1) is 10.2 Å². The lowest BCUT2D eigenvalue weighted by atomic mass is 10.0. The quantitative estimate of drug-likeness (QED) is 0.472. The number of amides is 1. The van der Waals surface area contributed by atoms with E-state index in [0.717, 1.165) is 32.9 Å². The van der Waals surface area contributed by atoms with E-state index in [9.17, 15) is 4.79 Å². The Bertz CT molecular complexity index is 1160. The van der Waals surface area contributed by atoms with E-state index in [1.807, 2.05) is 59.2 Å². The molecule has 0 aliphatic carbocycles. The standard InChI is InChI=1S/C23H22N4OS/c1-3-29-23-26-25-21(27(23)18-11-6-8-16(2)14-18)15-24-22(28)20-13-7-10-17-9-4-5-12-19(17)20/h4-14H,3,15H2,1-2H3,(H,24,28). The average Bonchev–Trinajstić information content (AvgIpc) is 3.14. The molecule has 5 nitrogen and oxygen atoms in total. The minimum atomic E-state index is -0.120. The number of rotatable bonds is 6. The summed E-state index contributed by atoms with van der Waals surface area (Å²) in [6.07, 6.45) is 0. The van der Waals surface area contributed by atoms with Gasteiger partial charge in [-0.1, -0.05) is 67.2 Å². The van der Waals surface area contributed by atoms with Crippen molar-refractivity contribution >= 4 is 28.4 Å². The van der Waals surface area contributed by atoms with Crippen molar-refractivity contribution in [2.45, 2.75) is 25.5 Å². The number of nitrogens with one attached hydrogen (secondary N) is 1. The Morgan fingerprint density at radius 3 is 2.66 bits per heavy atom. The molecule has 1 amide bonds. The van der Waals surface area contributed by atoms with Gasteiger partial charge in [0.15, 0.2) is 11.0 Å². The van der Waals surface area contributed by atoms with Crippen molar-refractivity contribution in [3.63, 3.8) is 0 Å². The van der Waals surface area contributed by atoms with Gasteiger partial charge < -0.3 is 5.32 Å². The molecule has 4 rings (SSSR count). The van der Waals surface area contributed by atoms with Crippen molar-refractivity contribution in [3.8, 4) is 5.69 Å². The van der Waals surface area contributed by atoms with E-state index < -0.39 is 0 Å². The summed E-state index contributed by atoms with van der Waals surface area (Å²) in [5, 5.41) is 14.5. The smallest absolute Gasteiger partial charge is 0.252 e. The maximum Gasteiger partial charge on any atom is 0.252 e. The van der Waals surface area contributed by atoms with E-state index in [-0.39, 0.29) is 5.91 Å². The lowest BCUT2D eigenvalue weighted by Crippen LogP contribution is -2.25. The minimum absolute atomic E-state index is 0.120. The van der Waals surface area contributed by atoms with Crippen LogP contribution in [0.25, 0.3) is 16.5 Å². The van der Waals surface area contributed by atoms with Gasteiger partial charge in [-0.25, -0.2) is 0 Å². The van der Waals surface area contributed by atoms with Crippen LogP contribution in [-0.4, -0.2) is 26.4 Å². The Labute approximate surface area is 174 Å². The topological polar surface area (TPSA) is 59.8 Å². The van der Waals surface area contributed by atoms with E-state index >= 15 is 0 Å². The molecule has 0 radical (unpaired) electrons. The molecule has 0 unspecified atom stereocenters. The Hall–Kier alpha value is -3.12. The Morgan fingerprint density at radius 1 is 1.03 bits per heavy atom. The highest BCUT2D eigenvalue weighted by atomic mass is 32.2. The molecule has 3 aromatic carbocycles. The zero-order valence-corrected chi connectivity index (χ0v) is 17.2. The first kappa shape index (κ1) is 19.2. The SMILES string of the molecule is CCSc1nnc(CNC(=O)c2cccc3ccccc23)n1-c1cccc(C)c1. The van der Waals surface area contributed by atoms with Crippen LogP contribution in [0.3, 0.4) is 0 Å². The second-order valence-corrected chi connectivity index (χ2v) is 7.95. The monoisotopic (exact) mass is 402 g/mol. The van der Waals surface area contributed by atoms with E-state index in [4.69, 9.17) is 0 Å². The van der Waals surface area contributed by atoms with Crippen LogP contribution < -0.4 is 5.32 Å². The first-order valence-electron chi connectivity index (χ1n) is 9.57. The first-order chi connectivity index (χ1) is 14.2. The van der Waals surface area contributed by atoms with Gasteiger partial charge in [-0.2, -0.15) is 0 Å². The molecule has 1 aromatic heterocycles. The second-order valence-electron chi connectivity index (χ2n) is 6.72. The molecule has 0 bridgehead atoms. The zero-order chi connectivity index (χ0) is 20.2. The van der Waals surface area contributed by atoms with Gasteiger partial charge >= 0.3 is 0 Å². The lowest BCUT2D eigenvalue weighted by molar-refractivity contribution is 0.0951. The molecule has 0 aliphatic rings. The summed E-state index contributed by atoms with van der Waals surface area (Å²) < 4.78 is 2.02. The fourth-order valence-electron chi connectivity index (χ4n) is 3.34. The zero-order valence-electron chi connectivity index (χ0n) is 16.4. The summed E-state index contributed by atoms with van der Waals surface area (Å²) in [5.74, 6) is 1.48. The third-order valence-electron chi connectivity index (χ3n) is 4.67. The molecule has 0 saturated carbocycles.